The first kappa shape index (κ1) is 15.4. The van der Waals surface area contributed by atoms with Gasteiger partial charge in [0.25, 0.3) is 0 Å². The Kier molecular flexibility index (Phi) is 4.85. The summed E-state index contributed by atoms with van der Waals surface area (Å²) in [5.74, 6) is -0.129. The van der Waals surface area contributed by atoms with Gasteiger partial charge in [-0.05, 0) is 38.0 Å². The van der Waals surface area contributed by atoms with Crippen LogP contribution in [0, 0.1) is 6.92 Å². The van der Waals surface area contributed by atoms with Gasteiger partial charge in [-0.3, -0.25) is 9.78 Å². The maximum atomic E-state index is 12.1. The molecule has 21 heavy (non-hydrogen) atoms. The fourth-order valence-electron chi connectivity index (χ4n) is 1.86. The first-order valence-corrected chi connectivity index (χ1v) is 7.74. The zero-order chi connectivity index (χ0) is 15.3. The highest BCUT2D eigenvalue weighted by Gasteiger charge is 2.28. The lowest BCUT2D eigenvalue weighted by Gasteiger charge is -2.26. The Bertz CT molecular complexity index is 636. The summed E-state index contributed by atoms with van der Waals surface area (Å²) in [6.45, 7) is 6.00. The molecular weight excluding hydrogens is 282 g/mol. The molecular formula is C16H19N3OS. The van der Waals surface area contributed by atoms with Crippen molar-refractivity contribution < 1.29 is 4.79 Å². The summed E-state index contributed by atoms with van der Waals surface area (Å²) in [5.41, 5.74) is 1.45. The van der Waals surface area contributed by atoms with E-state index in [1.54, 1.807) is 29.8 Å². The molecule has 1 atom stereocenters. The molecule has 0 spiro atoms. The van der Waals surface area contributed by atoms with Gasteiger partial charge in [0.1, 0.15) is 5.01 Å². The van der Waals surface area contributed by atoms with Gasteiger partial charge in [0.15, 0.2) is 0 Å². The molecule has 5 heteroatoms. The molecule has 2 heterocycles. The Morgan fingerprint density at radius 2 is 2.33 bits per heavy atom. The molecule has 110 valence electrons. The van der Waals surface area contributed by atoms with Gasteiger partial charge in [0, 0.05) is 29.5 Å². The lowest BCUT2D eigenvalue weighted by atomic mass is 10.00. The molecule has 2 rings (SSSR count). The van der Waals surface area contributed by atoms with Crippen LogP contribution in [0.15, 0.2) is 36.0 Å². The van der Waals surface area contributed by atoms with Gasteiger partial charge < -0.3 is 5.32 Å². The largest absolute Gasteiger partial charge is 0.341 e. The van der Waals surface area contributed by atoms with E-state index in [0.29, 0.717) is 0 Å². The van der Waals surface area contributed by atoms with Crippen LogP contribution < -0.4 is 5.32 Å². The number of pyridine rings is 1. The number of rotatable bonds is 5. The third-order valence-corrected chi connectivity index (χ3v) is 4.53. The Morgan fingerprint density at radius 3 is 2.90 bits per heavy atom. The molecule has 0 aliphatic rings. The lowest BCUT2D eigenvalue weighted by molar-refractivity contribution is -0.118. The van der Waals surface area contributed by atoms with E-state index in [1.165, 1.54) is 6.08 Å². The van der Waals surface area contributed by atoms with Gasteiger partial charge in [-0.15, -0.1) is 11.3 Å². The van der Waals surface area contributed by atoms with Crippen molar-refractivity contribution >= 4 is 23.3 Å². The second-order valence-electron chi connectivity index (χ2n) is 5.09. The highest BCUT2D eigenvalue weighted by atomic mass is 32.1. The molecule has 0 aromatic carbocycles. The Hall–Kier alpha value is -2.01. The number of thiazole rings is 1. The summed E-state index contributed by atoms with van der Waals surface area (Å²) in [6.07, 6.45) is 7.49. The van der Waals surface area contributed by atoms with Crippen LogP contribution >= 0.6 is 11.3 Å². The minimum absolute atomic E-state index is 0.129. The predicted molar refractivity (Wildman–Crippen MR) is 85.9 cm³/mol. The highest BCUT2D eigenvalue weighted by Crippen LogP contribution is 2.27. The topological polar surface area (TPSA) is 54.9 Å². The zero-order valence-corrected chi connectivity index (χ0v) is 13.3. The van der Waals surface area contributed by atoms with Crippen LogP contribution in [0.25, 0.3) is 6.08 Å². The zero-order valence-electron chi connectivity index (χ0n) is 12.5. The van der Waals surface area contributed by atoms with E-state index in [0.717, 1.165) is 22.7 Å². The summed E-state index contributed by atoms with van der Waals surface area (Å²) in [4.78, 5) is 20.6. The van der Waals surface area contributed by atoms with E-state index in [9.17, 15) is 4.79 Å². The van der Waals surface area contributed by atoms with Crippen molar-refractivity contribution in [2.75, 3.05) is 0 Å². The highest BCUT2D eigenvalue weighted by molar-refractivity contribution is 7.09. The SMILES string of the molecule is CC[C@@](C)(NC(=O)/C=C\c1cccnc1)c1nc(C)cs1. The monoisotopic (exact) mass is 301 g/mol. The number of hydrogen-bond acceptors (Lipinski definition) is 4. The van der Waals surface area contributed by atoms with Crippen molar-refractivity contribution in [2.24, 2.45) is 0 Å². The van der Waals surface area contributed by atoms with Crippen molar-refractivity contribution in [3.63, 3.8) is 0 Å². The van der Waals surface area contributed by atoms with E-state index < -0.39 is 5.54 Å². The first-order chi connectivity index (χ1) is 10.0. The number of nitrogens with zero attached hydrogens (tertiary/aromatic N) is 2. The maximum absolute atomic E-state index is 12.1. The number of hydrogen-bond donors (Lipinski definition) is 1. The Labute approximate surface area is 129 Å². The molecule has 0 unspecified atom stereocenters. The third-order valence-electron chi connectivity index (χ3n) is 3.31. The van der Waals surface area contributed by atoms with Crippen LogP contribution in [0.1, 0.15) is 36.5 Å². The molecule has 0 radical (unpaired) electrons. The third kappa shape index (κ3) is 3.98. The molecule has 0 aliphatic heterocycles. The number of aromatic nitrogens is 2. The van der Waals surface area contributed by atoms with Crippen LogP contribution in [0.4, 0.5) is 0 Å². The van der Waals surface area contributed by atoms with Crippen LogP contribution in [0.3, 0.4) is 0 Å². The van der Waals surface area contributed by atoms with Gasteiger partial charge in [-0.25, -0.2) is 4.98 Å². The molecule has 0 fully saturated rings. The number of carbonyl (C=O) groups is 1. The number of aryl methyl sites for hydroxylation is 1. The summed E-state index contributed by atoms with van der Waals surface area (Å²) in [5, 5.41) is 5.98. The van der Waals surface area contributed by atoms with Crippen molar-refractivity contribution in [1.29, 1.82) is 0 Å². The number of nitrogens with one attached hydrogen (secondary N) is 1. The van der Waals surface area contributed by atoms with Crippen molar-refractivity contribution in [2.45, 2.75) is 32.7 Å². The summed E-state index contributed by atoms with van der Waals surface area (Å²) >= 11 is 1.58. The standard InChI is InChI=1S/C16H19N3OS/c1-4-16(3,15-18-12(2)11-21-15)19-14(20)8-7-13-6-5-9-17-10-13/h5-11H,4H2,1-3H3,(H,19,20)/b8-7-/t16-/m1/s1. The van der Waals surface area contributed by atoms with Crippen LogP contribution in [0.5, 0.6) is 0 Å². The van der Waals surface area contributed by atoms with Crippen LogP contribution in [0.2, 0.25) is 0 Å². The minimum Gasteiger partial charge on any atom is -0.341 e. The van der Waals surface area contributed by atoms with Crippen LogP contribution in [-0.4, -0.2) is 15.9 Å². The summed E-state index contributed by atoms with van der Waals surface area (Å²) in [6, 6.07) is 3.74. The first-order valence-electron chi connectivity index (χ1n) is 6.86. The van der Waals surface area contributed by atoms with Gasteiger partial charge in [0.2, 0.25) is 5.91 Å². The fourth-order valence-corrected chi connectivity index (χ4v) is 2.85. The van der Waals surface area contributed by atoms with E-state index in [2.05, 4.69) is 15.3 Å². The molecule has 4 nitrogen and oxygen atoms in total. The van der Waals surface area contributed by atoms with Gasteiger partial charge in [-0.1, -0.05) is 13.0 Å². The Balaban J connectivity index is 2.08. The van der Waals surface area contributed by atoms with E-state index in [4.69, 9.17) is 0 Å². The number of carbonyl (C=O) groups excluding carboxylic acids is 1. The fraction of sp³-hybridized carbons (Fsp3) is 0.312. The maximum Gasteiger partial charge on any atom is 0.244 e. The van der Waals surface area contributed by atoms with Crippen molar-refractivity contribution in [3.8, 4) is 0 Å². The molecule has 0 bridgehead atoms. The molecule has 0 saturated heterocycles. The molecule has 2 aromatic heterocycles. The van der Waals surface area contributed by atoms with Crippen molar-refractivity contribution in [1.82, 2.24) is 15.3 Å². The molecule has 1 amide bonds. The van der Waals surface area contributed by atoms with E-state index in [-0.39, 0.29) is 5.91 Å². The average Bonchev–Trinajstić information content (AvgIpc) is 2.93. The average molecular weight is 301 g/mol. The predicted octanol–water partition coefficient (Wildman–Crippen LogP) is 3.30. The smallest absolute Gasteiger partial charge is 0.244 e. The molecule has 2 aromatic rings. The molecule has 0 aliphatic carbocycles. The Morgan fingerprint density at radius 1 is 1.52 bits per heavy atom. The van der Waals surface area contributed by atoms with Gasteiger partial charge >= 0.3 is 0 Å². The molecule has 0 saturated carbocycles. The van der Waals surface area contributed by atoms with E-state index >= 15 is 0 Å². The van der Waals surface area contributed by atoms with Gasteiger partial charge in [-0.2, -0.15) is 0 Å². The normalized spacial score (nSPS) is 14.0. The second-order valence-corrected chi connectivity index (χ2v) is 5.95. The molecule has 1 N–H and O–H groups in total. The van der Waals surface area contributed by atoms with Crippen LogP contribution in [-0.2, 0) is 10.3 Å². The van der Waals surface area contributed by atoms with Crippen molar-refractivity contribution in [3.05, 3.63) is 52.2 Å². The van der Waals surface area contributed by atoms with E-state index in [1.807, 2.05) is 38.3 Å². The quantitative estimate of drug-likeness (QED) is 0.862. The number of amides is 1. The van der Waals surface area contributed by atoms with Gasteiger partial charge in [0.05, 0.1) is 5.54 Å². The minimum atomic E-state index is -0.435. The second kappa shape index (κ2) is 6.63. The lowest BCUT2D eigenvalue weighted by Crippen LogP contribution is -2.42. The summed E-state index contributed by atoms with van der Waals surface area (Å²) in [7, 11) is 0. The summed E-state index contributed by atoms with van der Waals surface area (Å²) < 4.78 is 0.